The van der Waals surface area contributed by atoms with Crippen molar-refractivity contribution in [3.63, 3.8) is 0 Å². The molecule has 1 aliphatic rings. The summed E-state index contributed by atoms with van der Waals surface area (Å²) in [6.45, 7) is 3.46. The first-order valence-electron chi connectivity index (χ1n) is 8.63. The van der Waals surface area contributed by atoms with Crippen molar-refractivity contribution in [1.29, 1.82) is 0 Å². The molecule has 140 valence electrons. The molecule has 27 heavy (non-hydrogen) atoms. The molecule has 0 saturated carbocycles. The van der Waals surface area contributed by atoms with E-state index in [1.54, 1.807) is 32.0 Å². The zero-order valence-electron chi connectivity index (χ0n) is 15.1. The highest BCUT2D eigenvalue weighted by Gasteiger charge is 2.20. The lowest BCUT2D eigenvalue weighted by molar-refractivity contribution is -0.136. The minimum atomic E-state index is -0.864. The van der Waals surface area contributed by atoms with Crippen molar-refractivity contribution in [2.24, 2.45) is 0 Å². The maximum absolute atomic E-state index is 13.4. The van der Waals surface area contributed by atoms with E-state index in [0.29, 0.717) is 18.4 Å². The van der Waals surface area contributed by atoms with Gasteiger partial charge in [-0.1, -0.05) is 12.1 Å². The summed E-state index contributed by atoms with van der Waals surface area (Å²) in [7, 11) is 0. The number of fused-ring (bicyclic) bond motifs is 1. The van der Waals surface area contributed by atoms with E-state index in [-0.39, 0.29) is 11.6 Å². The van der Waals surface area contributed by atoms with E-state index in [1.807, 2.05) is 6.07 Å². The van der Waals surface area contributed by atoms with Crippen LogP contribution in [0.1, 0.15) is 36.1 Å². The van der Waals surface area contributed by atoms with Crippen LogP contribution in [0.25, 0.3) is 0 Å². The second kappa shape index (κ2) is 7.57. The van der Waals surface area contributed by atoms with Crippen LogP contribution in [0.3, 0.4) is 0 Å². The van der Waals surface area contributed by atoms with Crippen LogP contribution in [0.2, 0.25) is 0 Å². The van der Waals surface area contributed by atoms with E-state index in [9.17, 15) is 18.8 Å². The number of hydrogen-bond donors (Lipinski definition) is 3. The number of carbonyl (C=O) groups excluding carboxylic acids is 3. The molecule has 0 spiro atoms. The standard InChI is InChI=1S/C20H20FN3O3/c1-11-7-15(21)10-16(8-11)23-20(27)19(26)22-12(2)13-3-5-17-14(9-13)4-6-18(25)24-17/h3,5,7-10,12H,4,6H2,1-2H3,(H,22,26)(H,23,27)(H,24,25). The maximum Gasteiger partial charge on any atom is 0.313 e. The van der Waals surface area contributed by atoms with Gasteiger partial charge in [0.15, 0.2) is 0 Å². The quantitative estimate of drug-likeness (QED) is 0.727. The lowest BCUT2D eigenvalue weighted by Gasteiger charge is -2.20. The van der Waals surface area contributed by atoms with Gasteiger partial charge in [0.25, 0.3) is 0 Å². The van der Waals surface area contributed by atoms with Crippen LogP contribution >= 0.6 is 0 Å². The molecule has 1 heterocycles. The molecule has 3 N–H and O–H groups in total. The van der Waals surface area contributed by atoms with Gasteiger partial charge in [0.2, 0.25) is 5.91 Å². The fraction of sp³-hybridized carbons (Fsp3) is 0.250. The molecule has 3 amide bonds. The number of benzene rings is 2. The van der Waals surface area contributed by atoms with E-state index < -0.39 is 23.7 Å². The summed E-state index contributed by atoms with van der Waals surface area (Å²) in [5.41, 5.74) is 3.46. The normalized spacial score (nSPS) is 14.0. The van der Waals surface area contributed by atoms with E-state index in [0.717, 1.165) is 22.9 Å². The second-order valence-corrected chi connectivity index (χ2v) is 6.63. The molecule has 7 heteroatoms. The molecule has 0 bridgehead atoms. The fourth-order valence-electron chi connectivity index (χ4n) is 3.01. The van der Waals surface area contributed by atoms with Crippen LogP contribution in [0, 0.1) is 12.7 Å². The van der Waals surface area contributed by atoms with Crippen molar-refractivity contribution in [2.75, 3.05) is 10.6 Å². The highest BCUT2D eigenvalue weighted by atomic mass is 19.1. The van der Waals surface area contributed by atoms with E-state index >= 15 is 0 Å². The van der Waals surface area contributed by atoms with Crippen molar-refractivity contribution in [2.45, 2.75) is 32.7 Å². The monoisotopic (exact) mass is 369 g/mol. The average Bonchev–Trinajstić information content (AvgIpc) is 2.60. The average molecular weight is 369 g/mol. The van der Waals surface area contributed by atoms with Gasteiger partial charge in [-0.05, 0) is 61.2 Å². The smallest absolute Gasteiger partial charge is 0.313 e. The molecule has 0 saturated heterocycles. The molecule has 0 radical (unpaired) electrons. The summed E-state index contributed by atoms with van der Waals surface area (Å²) in [6.07, 6.45) is 1.06. The van der Waals surface area contributed by atoms with E-state index in [2.05, 4.69) is 16.0 Å². The van der Waals surface area contributed by atoms with Crippen LogP contribution < -0.4 is 16.0 Å². The van der Waals surface area contributed by atoms with Gasteiger partial charge < -0.3 is 16.0 Å². The summed E-state index contributed by atoms with van der Waals surface area (Å²) in [6, 6.07) is 9.16. The summed E-state index contributed by atoms with van der Waals surface area (Å²) in [5.74, 6) is -2.17. The predicted molar refractivity (Wildman–Crippen MR) is 99.7 cm³/mol. The topological polar surface area (TPSA) is 87.3 Å². The first-order valence-corrected chi connectivity index (χ1v) is 8.63. The van der Waals surface area contributed by atoms with Crippen molar-refractivity contribution in [1.82, 2.24) is 5.32 Å². The molecule has 2 aromatic rings. The third-order valence-corrected chi connectivity index (χ3v) is 4.38. The Labute approximate surface area is 156 Å². The number of nitrogens with one attached hydrogen (secondary N) is 3. The maximum atomic E-state index is 13.4. The number of anilines is 2. The largest absolute Gasteiger partial charge is 0.341 e. The Balaban J connectivity index is 1.64. The van der Waals surface area contributed by atoms with Gasteiger partial charge in [0.05, 0.1) is 6.04 Å². The molecular formula is C20H20FN3O3. The summed E-state index contributed by atoms with van der Waals surface area (Å²) in [4.78, 5) is 35.7. The number of aryl methyl sites for hydroxylation is 2. The molecule has 1 atom stereocenters. The number of hydrogen-bond acceptors (Lipinski definition) is 3. The Hall–Kier alpha value is -3.22. The SMILES string of the molecule is Cc1cc(F)cc(NC(=O)C(=O)NC(C)c2ccc3c(c2)CCC(=O)N3)c1. The molecule has 0 fully saturated rings. The zero-order valence-corrected chi connectivity index (χ0v) is 15.1. The van der Waals surface area contributed by atoms with E-state index in [1.165, 1.54) is 6.07 Å². The fourth-order valence-corrected chi connectivity index (χ4v) is 3.01. The third kappa shape index (κ3) is 4.49. The van der Waals surface area contributed by atoms with Crippen molar-refractivity contribution in [3.05, 3.63) is 58.9 Å². The van der Waals surface area contributed by atoms with E-state index in [4.69, 9.17) is 0 Å². The zero-order chi connectivity index (χ0) is 19.6. The minimum Gasteiger partial charge on any atom is -0.341 e. The summed E-state index contributed by atoms with van der Waals surface area (Å²) >= 11 is 0. The Kier molecular flexibility index (Phi) is 5.21. The van der Waals surface area contributed by atoms with Gasteiger partial charge in [-0.25, -0.2) is 4.39 Å². The highest BCUT2D eigenvalue weighted by Crippen LogP contribution is 2.26. The van der Waals surface area contributed by atoms with Crippen molar-refractivity contribution >= 4 is 29.1 Å². The molecule has 2 aromatic carbocycles. The molecule has 1 aliphatic heterocycles. The number of halogens is 1. The first kappa shape index (κ1) is 18.6. The highest BCUT2D eigenvalue weighted by molar-refractivity contribution is 6.39. The molecule has 6 nitrogen and oxygen atoms in total. The molecule has 3 rings (SSSR count). The molecule has 0 aliphatic carbocycles. The second-order valence-electron chi connectivity index (χ2n) is 6.63. The van der Waals surface area contributed by atoms with Crippen LogP contribution in [0.4, 0.5) is 15.8 Å². The number of carbonyl (C=O) groups is 3. The predicted octanol–water partition coefficient (Wildman–Crippen LogP) is 2.83. The minimum absolute atomic E-state index is 0.0131. The number of amides is 3. The van der Waals surface area contributed by atoms with Crippen LogP contribution in [-0.4, -0.2) is 17.7 Å². The van der Waals surface area contributed by atoms with Crippen LogP contribution in [0.5, 0.6) is 0 Å². The number of rotatable bonds is 3. The van der Waals surface area contributed by atoms with Crippen molar-refractivity contribution < 1.29 is 18.8 Å². The Morgan fingerprint density at radius 2 is 1.89 bits per heavy atom. The van der Waals surface area contributed by atoms with Crippen molar-refractivity contribution in [3.8, 4) is 0 Å². The lowest BCUT2D eigenvalue weighted by atomic mass is 9.98. The molecular weight excluding hydrogens is 349 g/mol. The Morgan fingerprint density at radius 1 is 1.11 bits per heavy atom. The van der Waals surface area contributed by atoms with Gasteiger partial charge in [0, 0.05) is 17.8 Å². The lowest BCUT2D eigenvalue weighted by Crippen LogP contribution is -2.37. The van der Waals surface area contributed by atoms with Gasteiger partial charge in [-0.2, -0.15) is 0 Å². The third-order valence-electron chi connectivity index (χ3n) is 4.38. The van der Waals surface area contributed by atoms with Gasteiger partial charge >= 0.3 is 11.8 Å². The first-order chi connectivity index (χ1) is 12.8. The Morgan fingerprint density at radius 3 is 2.63 bits per heavy atom. The summed E-state index contributed by atoms with van der Waals surface area (Å²) < 4.78 is 13.4. The van der Waals surface area contributed by atoms with Gasteiger partial charge in [0.1, 0.15) is 5.82 Å². The van der Waals surface area contributed by atoms with Crippen LogP contribution in [-0.2, 0) is 20.8 Å². The summed E-state index contributed by atoms with van der Waals surface area (Å²) in [5, 5.41) is 7.83. The van der Waals surface area contributed by atoms with Gasteiger partial charge in [-0.15, -0.1) is 0 Å². The molecule has 1 unspecified atom stereocenters. The van der Waals surface area contributed by atoms with Crippen LogP contribution in [0.15, 0.2) is 36.4 Å². The Bertz CT molecular complexity index is 906. The molecule has 0 aromatic heterocycles. The van der Waals surface area contributed by atoms with Gasteiger partial charge in [-0.3, -0.25) is 14.4 Å².